The molecule has 0 aliphatic carbocycles. The summed E-state index contributed by atoms with van der Waals surface area (Å²) in [4.78, 5) is 12.0. The Balaban J connectivity index is 2.79. The Morgan fingerprint density at radius 3 is 2.59 bits per heavy atom. The molecule has 1 unspecified atom stereocenters. The molecule has 0 saturated carbocycles. The van der Waals surface area contributed by atoms with Crippen LogP contribution in [0, 0.1) is 12.8 Å². The van der Waals surface area contributed by atoms with Crippen molar-refractivity contribution in [2.45, 2.75) is 26.8 Å². The van der Waals surface area contributed by atoms with E-state index < -0.39 is 0 Å². The van der Waals surface area contributed by atoms with Crippen molar-refractivity contribution < 1.29 is 4.79 Å². The van der Waals surface area contributed by atoms with Gasteiger partial charge in [0.25, 0.3) is 5.91 Å². The number of nitrogens with two attached hydrogens (primary N) is 1. The first kappa shape index (κ1) is 14.0. The highest BCUT2D eigenvalue weighted by Gasteiger charge is 2.15. The molecular formula is C13H19ClN2O. The fourth-order valence-corrected chi connectivity index (χ4v) is 1.65. The summed E-state index contributed by atoms with van der Waals surface area (Å²) in [5, 5.41) is 3.59. The van der Waals surface area contributed by atoms with Gasteiger partial charge in [0.15, 0.2) is 0 Å². The van der Waals surface area contributed by atoms with Gasteiger partial charge in [-0.3, -0.25) is 4.79 Å². The maximum absolute atomic E-state index is 12.0. The van der Waals surface area contributed by atoms with Crippen LogP contribution in [0.2, 0.25) is 5.02 Å². The Labute approximate surface area is 107 Å². The van der Waals surface area contributed by atoms with E-state index in [-0.39, 0.29) is 11.9 Å². The molecule has 1 atom stereocenters. The largest absolute Gasteiger partial charge is 0.348 e. The van der Waals surface area contributed by atoms with Crippen LogP contribution in [0.15, 0.2) is 18.2 Å². The molecule has 1 amide bonds. The molecular weight excluding hydrogens is 236 g/mol. The molecule has 0 fully saturated rings. The lowest BCUT2D eigenvalue weighted by Gasteiger charge is -2.20. The molecule has 0 bridgehead atoms. The number of halogens is 1. The van der Waals surface area contributed by atoms with Gasteiger partial charge in [0, 0.05) is 23.2 Å². The third kappa shape index (κ3) is 3.72. The van der Waals surface area contributed by atoms with E-state index in [1.165, 1.54) is 0 Å². The second-order valence-electron chi connectivity index (χ2n) is 4.52. The summed E-state index contributed by atoms with van der Waals surface area (Å²) >= 11 is 5.92. The summed E-state index contributed by atoms with van der Waals surface area (Å²) in [6, 6.07) is 5.24. The molecule has 0 spiro atoms. The lowest BCUT2D eigenvalue weighted by Crippen LogP contribution is -2.43. The first-order valence-corrected chi connectivity index (χ1v) is 6.10. The molecule has 94 valence electrons. The van der Waals surface area contributed by atoms with Gasteiger partial charge < -0.3 is 11.1 Å². The van der Waals surface area contributed by atoms with Crippen molar-refractivity contribution in [3.8, 4) is 0 Å². The summed E-state index contributed by atoms with van der Waals surface area (Å²) in [7, 11) is 0. The molecule has 0 heterocycles. The quantitative estimate of drug-likeness (QED) is 0.867. The highest BCUT2D eigenvalue weighted by atomic mass is 35.5. The van der Waals surface area contributed by atoms with Gasteiger partial charge in [0.1, 0.15) is 0 Å². The van der Waals surface area contributed by atoms with Crippen molar-refractivity contribution in [1.29, 1.82) is 0 Å². The molecule has 0 aliphatic rings. The standard InChI is InChI=1S/C13H19ClN2O/c1-8(2)12(7-15)16-13(17)10-4-5-11(14)9(3)6-10/h4-6,8,12H,7,15H2,1-3H3,(H,16,17). The molecule has 3 N–H and O–H groups in total. The van der Waals surface area contributed by atoms with E-state index in [0.29, 0.717) is 23.0 Å². The van der Waals surface area contributed by atoms with Crippen LogP contribution in [-0.4, -0.2) is 18.5 Å². The lowest BCUT2D eigenvalue weighted by atomic mass is 10.0. The van der Waals surface area contributed by atoms with Crippen molar-refractivity contribution >= 4 is 17.5 Å². The summed E-state index contributed by atoms with van der Waals surface area (Å²) in [6.45, 7) is 6.38. The van der Waals surface area contributed by atoms with Gasteiger partial charge in [0.05, 0.1) is 0 Å². The number of hydrogen-bond donors (Lipinski definition) is 2. The lowest BCUT2D eigenvalue weighted by molar-refractivity contribution is 0.0927. The molecule has 1 aromatic carbocycles. The monoisotopic (exact) mass is 254 g/mol. The second-order valence-corrected chi connectivity index (χ2v) is 4.93. The highest BCUT2D eigenvalue weighted by molar-refractivity contribution is 6.31. The molecule has 1 rings (SSSR count). The summed E-state index contributed by atoms with van der Waals surface area (Å²) in [6.07, 6.45) is 0. The highest BCUT2D eigenvalue weighted by Crippen LogP contribution is 2.16. The molecule has 0 aliphatic heterocycles. The third-order valence-electron chi connectivity index (χ3n) is 2.80. The van der Waals surface area contributed by atoms with E-state index >= 15 is 0 Å². The fraction of sp³-hybridized carbons (Fsp3) is 0.462. The molecule has 0 radical (unpaired) electrons. The van der Waals surface area contributed by atoms with Gasteiger partial charge in [0.2, 0.25) is 0 Å². The number of hydrogen-bond acceptors (Lipinski definition) is 2. The SMILES string of the molecule is Cc1cc(C(=O)NC(CN)C(C)C)ccc1Cl. The number of rotatable bonds is 4. The molecule has 1 aromatic rings. The van der Waals surface area contributed by atoms with Crippen LogP contribution >= 0.6 is 11.6 Å². The minimum Gasteiger partial charge on any atom is -0.348 e. The van der Waals surface area contributed by atoms with Crippen molar-refractivity contribution in [3.05, 3.63) is 34.3 Å². The van der Waals surface area contributed by atoms with Gasteiger partial charge in [-0.2, -0.15) is 0 Å². The number of aryl methyl sites for hydroxylation is 1. The van der Waals surface area contributed by atoms with Crippen molar-refractivity contribution in [1.82, 2.24) is 5.32 Å². The maximum atomic E-state index is 12.0. The first-order chi connectivity index (χ1) is 7.95. The van der Waals surface area contributed by atoms with Crippen LogP contribution in [0.5, 0.6) is 0 Å². The van der Waals surface area contributed by atoms with Crippen LogP contribution in [0.1, 0.15) is 29.8 Å². The van der Waals surface area contributed by atoms with E-state index in [9.17, 15) is 4.79 Å². The predicted octanol–water partition coefficient (Wildman–Crippen LogP) is 2.36. The molecule has 4 heteroatoms. The van der Waals surface area contributed by atoms with E-state index in [1.807, 2.05) is 20.8 Å². The van der Waals surface area contributed by atoms with Gasteiger partial charge in [-0.25, -0.2) is 0 Å². The van der Waals surface area contributed by atoms with E-state index in [2.05, 4.69) is 5.32 Å². The molecule has 0 saturated heterocycles. The third-order valence-corrected chi connectivity index (χ3v) is 3.22. The van der Waals surface area contributed by atoms with Crippen molar-refractivity contribution in [2.24, 2.45) is 11.7 Å². The van der Waals surface area contributed by atoms with Crippen LogP contribution in [0.25, 0.3) is 0 Å². The number of benzene rings is 1. The van der Waals surface area contributed by atoms with Crippen LogP contribution in [0.4, 0.5) is 0 Å². The zero-order valence-electron chi connectivity index (χ0n) is 10.5. The van der Waals surface area contributed by atoms with Crippen LogP contribution in [-0.2, 0) is 0 Å². The number of nitrogens with one attached hydrogen (secondary N) is 1. The summed E-state index contributed by atoms with van der Waals surface area (Å²) < 4.78 is 0. The van der Waals surface area contributed by atoms with Gasteiger partial charge in [-0.15, -0.1) is 0 Å². The maximum Gasteiger partial charge on any atom is 0.251 e. The molecule has 0 aromatic heterocycles. The average Bonchev–Trinajstić information content (AvgIpc) is 2.28. The molecule has 3 nitrogen and oxygen atoms in total. The van der Waals surface area contributed by atoms with Gasteiger partial charge >= 0.3 is 0 Å². The Bertz CT molecular complexity index is 404. The molecule has 17 heavy (non-hydrogen) atoms. The average molecular weight is 255 g/mol. The van der Waals surface area contributed by atoms with Crippen molar-refractivity contribution in [2.75, 3.05) is 6.54 Å². The number of carbonyl (C=O) groups excluding carboxylic acids is 1. The Morgan fingerprint density at radius 1 is 1.47 bits per heavy atom. The van der Waals surface area contributed by atoms with Crippen molar-refractivity contribution in [3.63, 3.8) is 0 Å². The van der Waals surface area contributed by atoms with E-state index in [1.54, 1.807) is 18.2 Å². The van der Waals surface area contributed by atoms with Gasteiger partial charge in [-0.05, 0) is 36.6 Å². The first-order valence-electron chi connectivity index (χ1n) is 5.72. The number of carbonyl (C=O) groups is 1. The zero-order valence-corrected chi connectivity index (χ0v) is 11.2. The minimum absolute atomic E-state index is 0.00140. The predicted molar refractivity (Wildman–Crippen MR) is 71.3 cm³/mol. The Kier molecular flexibility index (Phi) is 4.97. The Morgan fingerprint density at radius 2 is 2.12 bits per heavy atom. The second kappa shape index (κ2) is 6.03. The Hall–Kier alpha value is -1.06. The fourth-order valence-electron chi connectivity index (χ4n) is 1.54. The van der Waals surface area contributed by atoms with Gasteiger partial charge in [-0.1, -0.05) is 25.4 Å². The van der Waals surface area contributed by atoms with Crippen LogP contribution in [0.3, 0.4) is 0 Å². The normalized spacial score (nSPS) is 12.6. The zero-order chi connectivity index (χ0) is 13.0. The summed E-state index contributed by atoms with van der Waals surface area (Å²) in [5.41, 5.74) is 7.13. The summed E-state index contributed by atoms with van der Waals surface area (Å²) in [5.74, 6) is 0.214. The van der Waals surface area contributed by atoms with E-state index in [4.69, 9.17) is 17.3 Å². The smallest absolute Gasteiger partial charge is 0.251 e. The van der Waals surface area contributed by atoms with Crippen LogP contribution < -0.4 is 11.1 Å². The topological polar surface area (TPSA) is 55.1 Å². The minimum atomic E-state index is -0.103. The van der Waals surface area contributed by atoms with E-state index in [0.717, 1.165) is 5.56 Å². The number of amides is 1.